The number of H-pyrrole nitrogens is 1. The first-order valence-corrected chi connectivity index (χ1v) is 9.96. The summed E-state index contributed by atoms with van der Waals surface area (Å²) in [6, 6.07) is 5.93. The van der Waals surface area contributed by atoms with Gasteiger partial charge in [0, 0.05) is 34.4 Å². The van der Waals surface area contributed by atoms with Gasteiger partial charge in [-0.15, -0.1) is 0 Å². The Balaban J connectivity index is 1.63. The summed E-state index contributed by atoms with van der Waals surface area (Å²) < 4.78 is 23.6. The van der Waals surface area contributed by atoms with E-state index in [1.54, 1.807) is 0 Å². The molecule has 0 unspecified atom stereocenters. The van der Waals surface area contributed by atoms with Crippen molar-refractivity contribution >= 4 is 32.3 Å². The zero-order valence-corrected chi connectivity index (χ0v) is 14.2. The van der Waals surface area contributed by atoms with E-state index in [2.05, 4.69) is 10.3 Å². The van der Waals surface area contributed by atoms with Crippen LogP contribution < -0.4 is 5.32 Å². The number of fused-ring (bicyclic) bond motifs is 1. The second-order valence-electron chi connectivity index (χ2n) is 6.11. The van der Waals surface area contributed by atoms with Crippen LogP contribution in [0.1, 0.15) is 24.8 Å². The maximum absolute atomic E-state index is 11.8. The predicted octanol–water partition coefficient (Wildman–Crippen LogP) is 2.92. The lowest BCUT2D eigenvalue weighted by molar-refractivity contribution is 0.510. The number of sulfone groups is 1. The highest BCUT2D eigenvalue weighted by Gasteiger charge is 2.34. The van der Waals surface area contributed by atoms with Crippen LogP contribution in [0.5, 0.6) is 0 Å². The minimum absolute atomic E-state index is 0.0923. The minimum atomic E-state index is -2.96. The van der Waals surface area contributed by atoms with Crippen molar-refractivity contribution in [2.24, 2.45) is 0 Å². The molecule has 0 saturated heterocycles. The molecule has 1 aromatic heterocycles. The quantitative estimate of drug-likeness (QED) is 0.879. The normalized spacial score (nSPS) is 22.5. The molecule has 2 atom stereocenters. The molecule has 2 aromatic rings. The number of rotatable bonds is 5. The zero-order valence-electron chi connectivity index (χ0n) is 12.6. The third-order valence-electron chi connectivity index (χ3n) is 4.53. The van der Waals surface area contributed by atoms with Crippen molar-refractivity contribution in [1.82, 2.24) is 10.3 Å². The van der Waals surface area contributed by atoms with E-state index in [0.29, 0.717) is 0 Å². The van der Waals surface area contributed by atoms with Crippen molar-refractivity contribution in [2.45, 2.75) is 37.0 Å². The van der Waals surface area contributed by atoms with E-state index in [-0.39, 0.29) is 11.3 Å². The number of benzene rings is 1. The SMILES string of the molecule is CS(=O)(=O)[C@@H]1CCC[C@@H]1NCCc1c[nH]c2cc(Cl)ccc12. The van der Waals surface area contributed by atoms with E-state index < -0.39 is 9.84 Å². The highest BCUT2D eigenvalue weighted by molar-refractivity contribution is 7.91. The second kappa shape index (κ2) is 6.22. The molecule has 1 saturated carbocycles. The highest BCUT2D eigenvalue weighted by Crippen LogP contribution is 2.25. The molecule has 0 amide bonds. The van der Waals surface area contributed by atoms with Crippen molar-refractivity contribution in [1.29, 1.82) is 0 Å². The summed E-state index contributed by atoms with van der Waals surface area (Å²) >= 11 is 5.99. The van der Waals surface area contributed by atoms with E-state index in [1.807, 2.05) is 24.4 Å². The number of halogens is 1. The van der Waals surface area contributed by atoms with E-state index in [1.165, 1.54) is 17.2 Å². The number of aromatic amines is 1. The van der Waals surface area contributed by atoms with Gasteiger partial charge in [0.2, 0.25) is 0 Å². The van der Waals surface area contributed by atoms with Crippen LogP contribution in [0, 0.1) is 0 Å². The van der Waals surface area contributed by atoms with Gasteiger partial charge in [0.1, 0.15) is 0 Å². The topological polar surface area (TPSA) is 62.0 Å². The Morgan fingerprint density at radius 2 is 2.18 bits per heavy atom. The van der Waals surface area contributed by atoms with Crippen molar-refractivity contribution < 1.29 is 8.42 Å². The molecule has 1 aromatic carbocycles. The van der Waals surface area contributed by atoms with Crippen LogP contribution >= 0.6 is 11.6 Å². The first-order chi connectivity index (χ1) is 10.4. The summed E-state index contributed by atoms with van der Waals surface area (Å²) in [6.45, 7) is 0.784. The van der Waals surface area contributed by atoms with Gasteiger partial charge in [-0.05, 0) is 43.5 Å². The van der Waals surface area contributed by atoms with Gasteiger partial charge in [-0.25, -0.2) is 8.42 Å². The zero-order chi connectivity index (χ0) is 15.7. The summed E-state index contributed by atoms with van der Waals surface area (Å²) in [7, 11) is -2.96. The van der Waals surface area contributed by atoms with Crippen LogP contribution in [0.4, 0.5) is 0 Å². The van der Waals surface area contributed by atoms with Crippen molar-refractivity contribution in [3.63, 3.8) is 0 Å². The summed E-state index contributed by atoms with van der Waals surface area (Å²) in [5.74, 6) is 0. The fraction of sp³-hybridized carbons (Fsp3) is 0.500. The maximum atomic E-state index is 11.8. The Morgan fingerprint density at radius 3 is 2.95 bits per heavy atom. The van der Waals surface area contributed by atoms with Crippen LogP contribution in [-0.2, 0) is 16.3 Å². The van der Waals surface area contributed by atoms with E-state index in [0.717, 1.165) is 42.8 Å². The lowest BCUT2D eigenvalue weighted by Crippen LogP contribution is -2.40. The molecular formula is C16H21ClN2O2S. The van der Waals surface area contributed by atoms with Gasteiger partial charge in [-0.3, -0.25) is 0 Å². The van der Waals surface area contributed by atoms with Crippen molar-refractivity contribution in [3.8, 4) is 0 Å². The first kappa shape index (κ1) is 15.8. The largest absolute Gasteiger partial charge is 0.361 e. The molecule has 4 nitrogen and oxygen atoms in total. The predicted molar refractivity (Wildman–Crippen MR) is 91.3 cm³/mol. The van der Waals surface area contributed by atoms with Crippen LogP contribution in [0.3, 0.4) is 0 Å². The Bertz CT molecular complexity index is 770. The van der Waals surface area contributed by atoms with E-state index in [4.69, 9.17) is 11.6 Å². The minimum Gasteiger partial charge on any atom is -0.361 e. The third kappa shape index (κ3) is 3.31. The molecule has 1 heterocycles. The molecule has 1 fully saturated rings. The third-order valence-corrected chi connectivity index (χ3v) is 6.43. The number of aromatic nitrogens is 1. The summed E-state index contributed by atoms with van der Waals surface area (Å²) in [5, 5.41) is 5.11. The molecule has 0 aliphatic heterocycles. The molecule has 6 heteroatoms. The smallest absolute Gasteiger partial charge is 0.151 e. The monoisotopic (exact) mass is 340 g/mol. The Morgan fingerprint density at radius 1 is 1.36 bits per heavy atom. The maximum Gasteiger partial charge on any atom is 0.151 e. The van der Waals surface area contributed by atoms with Gasteiger partial charge in [0.05, 0.1) is 5.25 Å². The fourth-order valence-electron chi connectivity index (χ4n) is 3.43. The molecule has 1 aliphatic carbocycles. The van der Waals surface area contributed by atoms with E-state index >= 15 is 0 Å². The molecule has 120 valence electrons. The summed E-state index contributed by atoms with van der Waals surface area (Å²) in [5.41, 5.74) is 2.27. The van der Waals surface area contributed by atoms with Gasteiger partial charge in [-0.2, -0.15) is 0 Å². The standard InChI is InChI=1S/C16H21ClN2O2S/c1-22(20,21)16-4-2-3-14(16)18-8-7-11-10-19-15-9-12(17)5-6-13(11)15/h5-6,9-10,14,16,18-19H,2-4,7-8H2,1H3/t14-,16+/m0/s1. The van der Waals surface area contributed by atoms with Crippen LogP contribution in [0.25, 0.3) is 10.9 Å². The van der Waals surface area contributed by atoms with Gasteiger partial charge in [0.25, 0.3) is 0 Å². The average molecular weight is 341 g/mol. The van der Waals surface area contributed by atoms with Gasteiger partial charge < -0.3 is 10.3 Å². The van der Waals surface area contributed by atoms with Gasteiger partial charge >= 0.3 is 0 Å². The Hall–Kier alpha value is -1.04. The van der Waals surface area contributed by atoms with Crippen molar-refractivity contribution in [2.75, 3.05) is 12.8 Å². The van der Waals surface area contributed by atoms with E-state index in [9.17, 15) is 8.42 Å². The molecule has 2 N–H and O–H groups in total. The van der Waals surface area contributed by atoms with Crippen LogP contribution in [-0.4, -0.2) is 37.5 Å². The highest BCUT2D eigenvalue weighted by atomic mass is 35.5. The molecule has 0 spiro atoms. The van der Waals surface area contributed by atoms with Crippen molar-refractivity contribution in [3.05, 3.63) is 35.0 Å². The van der Waals surface area contributed by atoms with Gasteiger partial charge in [-0.1, -0.05) is 24.1 Å². The molecule has 0 bridgehead atoms. The number of nitrogens with one attached hydrogen (secondary N) is 2. The molecule has 22 heavy (non-hydrogen) atoms. The molecule has 3 rings (SSSR count). The summed E-state index contributed by atoms with van der Waals surface area (Å²) in [4.78, 5) is 3.23. The van der Waals surface area contributed by atoms with Crippen LogP contribution in [0.2, 0.25) is 5.02 Å². The summed E-state index contributed by atoms with van der Waals surface area (Å²) in [6.07, 6.45) is 6.94. The Labute approximate surface area is 136 Å². The van der Waals surface area contributed by atoms with Crippen LogP contribution in [0.15, 0.2) is 24.4 Å². The fourth-order valence-corrected chi connectivity index (χ4v) is 5.03. The average Bonchev–Trinajstić information content (AvgIpc) is 3.05. The molecule has 0 radical (unpaired) electrons. The molecular weight excluding hydrogens is 320 g/mol. The lowest BCUT2D eigenvalue weighted by Gasteiger charge is -2.19. The molecule has 1 aliphatic rings. The first-order valence-electron chi connectivity index (χ1n) is 7.63. The Kier molecular flexibility index (Phi) is 4.48. The second-order valence-corrected chi connectivity index (χ2v) is 8.81. The lowest BCUT2D eigenvalue weighted by atomic mass is 10.1. The number of hydrogen-bond acceptors (Lipinski definition) is 3. The number of hydrogen-bond donors (Lipinski definition) is 2. The van der Waals surface area contributed by atoms with Gasteiger partial charge in [0.15, 0.2) is 9.84 Å².